The van der Waals surface area contributed by atoms with Gasteiger partial charge in [0.2, 0.25) is 0 Å². The second-order valence-electron chi connectivity index (χ2n) is 3.16. The van der Waals surface area contributed by atoms with Crippen molar-refractivity contribution in [2.45, 2.75) is 0 Å². The maximum Gasteiger partial charge on any atom is 0.265 e. The molecule has 0 saturated carbocycles. The Morgan fingerprint density at radius 2 is 1.93 bits per heavy atom. The lowest BCUT2D eigenvalue weighted by Gasteiger charge is -2.01. The predicted molar refractivity (Wildman–Crippen MR) is 59.0 cm³/mol. The molecule has 0 aliphatic carbocycles. The van der Waals surface area contributed by atoms with Gasteiger partial charge in [0.15, 0.2) is 0 Å². The minimum absolute atomic E-state index is 0.397. The first kappa shape index (κ1) is 9.33. The van der Waals surface area contributed by atoms with Gasteiger partial charge in [0.05, 0.1) is 5.69 Å². The van der Waals surface area contributed by atoms with Crippen molar-refractivity contribution in [2.75, 3.05) is 5.32 Å². The fourth-order valence-corrected chi connectivity index (χ4v) is 1.30. The van der Waals surface area contributed by atoms with Gasteiger partial charge in [-0.15, -0.1) is 0 Å². The number of rotatable bonds is 3. The number of amides is 1. The molecule has 0 aliphatic heterocycles. The number of aromatic nitrogens is 1. The molecule has 0 bridgehead atoms. The van der Waals surface area contributed by atoms with Crippen molar-refractivity contribution in [3.63, 3.8) is 0 Å². The molecular formula is C11H11N3O. The van der Waals surface area contributed by atoms with Crippen LogP contribution in [0.5, 0.6) is 0 Å². The predicted octanol–water partition coefficient (Wildman–Crippen LogP) is 1.86. The third kappa shape index (κ3) is 2.17. The van der Waals surface area contributed by atoms with Crippen LogP contribution in [0.4, 0.5) is 11.4 Å². The van der Waals surface area contributed by atoms with E-state index in [9.17, 15) is 4.79 Å². The molecule has 0 unspecified atom stereocenters. The first-order chi connectivity index (χ1) is 7.25. The number of para-hydroxylation sites is 1. The van der Waals surface area contributed by atoms with Gasteiger partial charge in [0, 0.05) is 11.9 Å². The normalized spacial score (nSPS) is 9.87. The second kappa shape index (κ2) is 3.88. The Labute approximate surface area is 87.1 Å². The molecule has 2 aromatic rings. The molecule has 4 N–H and O–H groups in total. The quantitative estimate of drug-likeness (QED) is 0.709. The summed E-state index contributed by atoms with van der Waals surface area (Å²) >= 11 is 0. The largest absolute Gasteiger partial charge is 0.364 e. The number of nitrogens with two attached hydrogens (primary N) is 1. The van der Waals surface area contributed by atoms with Crippen LogP contribution in [0.15, 0.2) is 42.6 Å². The van der Waals surface area contributed by atoms with E-state index in [1.54, 1.807) is 12.3 Å². The van der Waals surface area contributed by atoms with Gasteiger partial charge in [-0.2, -0.15) is 0 Å². The van der Waals surface area contributed by atoms with Crippen molar-refractivity contribution in [1.82, 2.24) is 4.98 Å². The summed E-state index contributed by atoms with van der Waals surface area (Å²) in [5.74, 6) is -0.462. The molecule has 0 atom stereocenters. The number of H-pyrrole nitrogens is 1. The van der Waals surface area contributed by atoms with E-state index in [2.05, 4.69) is 10.3 Å². The van der Waals surface area contributed by atoms with Gasteiger partial charge in [-0.3, -0.25) is 4.79 Å². The number of hydrogen-bond acceptors (Lipinski definition) is 2. The summed E-state index contributed by atoms with van der Waals surface area (Å²) in [5.41, 5.74) is 7.30. The topological polar surface area (TPSA) is 70.9 Å². The number of carbonyl (C=O) groups is 1. The van der Waals surface area contributed by atoms with Crippen molar-refractivity contribution in [1.29, 1.82) is 0 Å². The van der Waals surface area contributed by atoms with Gasteiger partial charge in [-0.25, -0.2) is 0 Å². The summed E-state index contributed by atoms with van der Waals surface area (Å²) in [4.78, 5) is 13.6. The Balaban J connectivity index is 2.15. The molecule has 0 saturated heterocycles. The molecular weight excluding hydrogens is 190 g/mol. The van der Waals surface area contributed by atoms with Crippen molar-refractivity contribution in [2.24, 2.45) is 5.73 Å². The lowest BCUT2D eigenvalue weighted by molar-refractivity contribution is 0.0996. The second-order valence-corrected chi connectivity index (χ2v) is 3.16. The van der Waals surface area contributed by atoms with Crippen LogP contribution in [-0.2, 0) is 0 Å². The monoisotopic (exact) mass is 201 g/mol. The number of hydrogen-bond donors (Lipinski definition) is 3. The summed E-state index contributed by atoms with van der Waals surface area (Å²) < 4.78 is 0. The fraction of sp³-hybridized carbons (Fsp3) is 0. The summed E-state index contributed by atoms with van der Waals surface area (Å²) in [6.07, 6.45) is 1.70. The van der Waals surface area contributed by atoms with Crippen LogP contribution in [0.25, 0.3) is 0 Å². The molecule has 1 amide bonds. The van der Waals surface area contributed by atoms with Crippen LogP contribution in [0.2, 0.25) is 0 Å². The number of nitrogens with one attached hydrogen (secondary N) is 2. The van der Waals surface area contributed by atoms with Crippen molar-refractivity contribution < 1.29 is 4.79 Å². The maximum atomic E-state index is 10.8. The highest BCUT2D eigenvalue weighted by molar-refractivity contribution is 5.92. The van der Waals surface area contributed by atoms with Crippen LogP contribution in [0, 0.1) is 0 Å². The van der Waals surface area contributed by atoms with E-state index in [0.717, 1.165) is 11.4 Å². The molecule has 0 fully saturated rings. The van der Waals surface area contributed by atoms with Crippen LogP contribution in [-0.4, -0.2) is 10.9 Å². The molecule has 2 rings (SSSR count). The molecule has 1 heterocycles. The molecule has 15 heavy (non-hydrogen) atoms. The number of primary amides is 1. The highest BCUT2D eigenvalue weighted by Crippen LogP contribution is 2.16. The number of benzene rings is 1. The Hall–Kier alpha value is -2.23. The molecule has 4 nitrogen and oxygen atoms in total. The Bertz CT molecular complexity index is 462. The van der Waals surface area contributed by atoms with Crippen LogP contribution in [0.1, 0.15) is 10.5 Å². The van der Waals surface area contributed by atoms with Gasteiger partial charge in [0.1, 0.15) is 5.69 Å². The van der Waals surface area contributed by atoms with Gasteiger partial charge in [-0.1, -0.05) is 18.2 Å². The van der Waals surface area contributed by atoms with Gasteiger partial charge in [0.25, 0.3) is 5.91 Å². The standard InChI is InChI=1S/C11H11N3O/c12-11(15)10-6-9(7-13-10)14-8-4-2-1-3-5-8/h1-7,13-14H,(H2,12,15). The fourth-order valence-electron chi connectivity index (χ4n) is 1.30. The lowest BCUT2D eigenvalue weighted by Crippen LogP contribution is -2.10. The summed E-state index contributed by atoms with van der Waals surface area (Å²) in [7, 11) is 0. The minimum Gasteiger partial charge on any atom is -0.364 e. The molecule has 4 heteroatoms. The van der Waals surface area contributed by atoms with Crippen molar-refractivity contribution >= 4 is 17.3 Å². The third-order valence-electron chi connectivity index (χ3n) is 2.01. The van der Waals surface area contributed by atoms with Crippen LogP contribution < -0.4 is 11.1 Å². The van der Waals surface area contributed by atoms with Crippen LogP contribution in [0.3, 0.4) is 0 Å². The average molecular weight is 201 g/mol. The zero-order valence-electron chi connectivity index (χ0n) is 8.03. The molecule has 0 spiro atoms. The van der Waals surface area contributed by atoms with Gasteiger partial charge < -0.3 is 16.0 Å². The SMILES string of the molecule is NC(=O)c1cc(Nc2ccccc2)c[nH]1. The van der Waals surface area contributed by atoms with E-state index < -0.39 is 5.91 Å². The smallest absolute Gasteiger partial charge is 0.265 e. The Morgan fingerprint density at radius 1 is 1.20 bits per heavy atom. The number of aromatic amines is 1. The Kier molecular flexibility index (Phi) is 2.41. The summed E-state index contributed by atoms with van der Waals surface area (Å²) in [5, 5.41) is 3.14. The number of anilines is 2. The van der Waals surface area contributed by atoms with Crippen molar-refractivity contribution in [3.05, 3.63) is 48.3 Å². The van der Waals surface area contributed by atoms with Gasteiger partial charge >= 0.3 is 0 Å². The molecule has 0 radical (unpaired) electrons. The van der Waals surface area contributed by atoms with E-state index in [1.165, 1.54) is 0 Å². The third-order valence-corrected chi connectivity index (χ3v) is 2.01. The van der Waals surface area contributed by atoms with Gasteiger partial charge in [-0.05, 0) is 18.2 Å². The van der Waals surface area contributed by atoms with Crippen molar-refractivity contribution in [3.8, 4) is 0 Å². The maximum absolute atomic E-state index is 10.8. The van der Waals surface area contributed by atoms with E-state index in [0.29, 0.717) is 5.69 Å². The zero-order valence-corrected chi connectivity index (χ0v) is 8.03. The molecule has 76 valence electrons. The number of carbonyl (C=O) groups excluding carboxylic acids is 1. The lowest BCUT2D eigenvalue weighted by atomic mass is 10.3. The van der Waals surface area contributed by atoms with E-state index >= 15 is 0 Å². The van der Waals surface area contributed by atoms with E-state index in [-0.39, 0.29) is 0 Å². The zero-order chi connectivity index (χ0) is 10.7. The highest BCUT2D eigenvalue weighted by Gasteiger charge is 2.03. The molecule has 1 aromatic heterocycles. The Morgan fingerprint density at radius 3 is 2.53 bits per heavy atom. The van der Waals surface area contributed by atoms with E-state index in [1.807, 2.05) is 30.3 Å². The molecule has 0 aliphatic rings. The summed E-state index contributed by atoms with van der Waals surface area (Å²) in [6.45, 7) is 0. The first-order valence-corrected chi connectivity index (χ1v) is 4.56. The highest BCUT2D eigenvalue weighted by atomic mass is 16.1. The molecule has 1 aromatic carbocycles. The summed E-state index contributed by atoms with van der Waals surface area (Å²) in [6, 6.07) is 11.4. The average Bonchev–Trinajstić information content (AvgIpc) is 2.68. The first-order valence-electron chi connectivity index (χ1n) is 4.56. The van der Waals surface area contributed by atoms with Crippen LogP contribution >= 0.6 is 0 Å². The van der Waals surface area contributed by atoms with E-state index in [4.69, 9.17) is 5.73 Å². The minimum atomic E-state index is -0.462.